The van der Waals surface area contributed by atoms with E-state index in [1.165, 1.54) is 13.2 Å². The van der Waals surface area contributed by atoms with Crippen LogP contribution in [0.2, 0.25) is 5.02 Å². The maximum atomic E-state index is 14.2. The molecule has 1 heterocycles. The van der Waals surface area contributed by atoms with Crippen molar-refractivity contribution in [3.05, 3.63) is 34.6 Å². The Hall–Kier alpha value is -1.17. The molecule has 120 valence electrons. The van der Waals surface area contributed by atoms with Crippen LogP contribution in [-0.4, -0.2) is 32.2 Å². The molecule has 1 amide bonds. The SMILES string of the molecule is COCC(NC(=O)C1NCC2C(C)C12)c1cccc(Cl)c1F. The van der Waals surface area contributed by atoms with Crippen molar-refractivity contribution in [1.82, 2.24) is 10.6 Å². The normalized spacial score (nSPS) is 30.7. The molecule has 5 unspecified atom stereocenters. The van der Waals surface area contributed by atoms with Gasteiger partial charge < -0.3 is 15.4 Å². The molecular weight excluding hydrogens is 307 g/mol. The zero-order chi connectivity index (χ0) is 15.9. The number of rotatable bonds is 5. The molecule has 1 aliphatic heterocycles. The Morgan fingerprint density at radius 3 is 3.00 bits per heavy atom. The van der Waals surface area contributed by atoms with E-state index in [9.17, 15) is 9.18 Å². The van der Waals surface area contributed by atoms with Crippen molar-refractivity contribution in [1.29, 1.82) is 0 Å². The topological polar surface area (TPSA) is 50.4 Å². The minimum atomic E-state index is -0.550. The van der Waals surface area contributed by atoms with Crippen LogP contribution < -0.4 is 10.6 Å². The van der Waals surface area contributed by atoms with Gasteiger partial charge in [-0.3, -0.25) is 4.79 Å². The number of carbonyl (C=O) groups is 1. The standard InChI is InChI=1S/C16H20ClFN2O2/c1-8-10-6-19-15(13(8)10)16(21)20-12(7-22-2)9-4-3-5-11(17)14(9)18/h3-5,8,10,12-13,15,19H,6-7H2,1-2H3,(H,20,21). The van der Waals surface area contributed by atoms with Gasteiger partial charge in [-0.05, 0) is 30.4 Å². The predicted molar refractivity (Wildman–Crippen MR) is 82.1 cm³/mol. The molecule has 1 aromatic rings. The Morgan fingerprint density at radius 2 is 2.36 bits per heavy atom. The van der Waals surface area contributed by atoms with Crippen LogP contribution in [0.4, 0.5) is 4.39 Å². The fourth-order valence-corrected chi connectivity index (χ4v) is 3.73. The molecule has 1 saturated carbocycles. The predicted octanol–water partition coefficient (Wildman–Crippen LogP) is 2.14. The summed E-state index contributed by atoms with van der Waals surface area (Å²) in [5.74, 6) is 0.967. The maximum Gasteiger partial charge on any atom is 0.238 e. The van der Waals surface area contributed by atoms with Crippen molar-refractivity contribution in [2.45, 2.75) is 19.0 Å². The zero-order valence-corrected chi connectivity index (χ0v) is 13.4. The number of carbonyl (C=O) groups excluding carboxylic acids is 1. The van der Waals surface area contributed by atoms with Gasteiger partial charge in [0.1, 0.15) is 5.82 Å². The highest BCUT2D eigenvalue weighted by Crippen LogP contribution is 2.51. The lowest BCUT2D eigenvalue weighted by molar-refractivity contribution is -0.124. The second-order valence-electron chi connectivity index (χ2n) is 6.15. The number of methoxy groups -OCH3 is 1. The van der Waals surface area contributed by atoms with Crippen LogP contribution in [0.3, 0.4) is 0 Å². The van der Waals surface area contributed by atoms with Crippen molar-refractivity contribution < 1.29 is 13.9 Å². The maximum absolute atomic E-state index is 14.2. The lowest BCUT2D eigenvalue weighted by Gasteiger charge is -2.22. The Morgan fingerprint density at radius 1 is 1.59 bits per heavy atom. The molecule has 4 nitrogen and oxygen atoms in total. The molecule has 3 rings (SSSR count). The van der Waals surface area contributed by atoms with Gasteiger partial charge in [-0.25, -0.2) is 4.39 Å². The van der Waals surface area contributed by atoms with Crippen molar-refractivity contribution in [2.24, 2.45) is 17.8 Å². The average molecular weight is 327 g/mol. The van der Waals surface area contributed by atoms with Gasteiger partial charge in [-0.1, -0.05) is 30.7 Å². The molecule has 5 atom stereocenters. The van der Waals surface area contributed by atoms with Crippen LogP contribution in [0, 0.1) is 23.6 Å². The summed E-state index contributed by atoms with van der Waals surface area (Å²) in [6, 6.07) is 4.03. The van der Waals surface area contributed by atoms with E-state index in [0.717, 1.165) is 6.54 Å². The molecule has 0 aromatic heterocycles. The molecule has 0 bridgehead atoms. The van der Waals surface area contributed by atoms with Crippen molar-refractivity contribution in [2.75, 3.05) is 20.3 Å². The summed E-state index contributed by atoms with van der Waals surface area (Å²) in [6.45, 7) is 3.24. The fraction of sp³-hybridized carbons (Fsp3) is 0.562. The quantitative estimate of drug-likeness (QED) is 0.871. The Bertz CT molecular complexity index is 583. The number of ether oxygens (including phenoxy) is 1. The van der Waals surface area contributed by atoms with Gasteiger partial charge in [-0.15, -0.1) is 0 Å². The fourth-order valence-electron chi connectivity index (χ4n) is 3.55. The van der Waals surface area contributed by atoms with Gasteiger partial charge in [-0.2, -0.15) is 0 Å². The number of hydrogen-bond acceptors (Lipinski definition) is 3. The molecule has 22 heavy (non-hydrogen) atoms. The third-order valence-corrected chi connectivity index (χ3v) is 5.18. The minimum absolute atomic E-state index is 0.0442. The highest BCUT2D eigenvalue weighted by atomic mass is 35.5. The zero-order valence-electron chi connectivity index (χ0n) is 12.6. The van der Waals surface area contributed by atoms with Gasteiger partial charge >= 0.3 is 0 Å². The molecule has 2 fully saturated rings. The van der Waals surface area contributed by atoms with Crippen molar-refractivity contribution >= 4 is 17.5 Å². The average Bonchev–Trinajstić information content (AvgIpc) is 2.94. The molecular formula is C16H20ClFN2O2. The molecule has 1 aromatic carbocycles. The first-order valence-corrected chi connectivity index (χ1v) is 7.89. The Labute approximate surface area is 134 Å². The lowest BCUT2D eigenvalue weighted by Crippen LogP contribution is -2.46. The summed E-state index contributed by atoms with van der Waals surface area (Å²) in [7, 11) is 1.52. The molecule has 6 heteroatoms. The monoisotopic (exact) mass is 326 g/mol. The summed E-state index contributed by atoms with van der Waals surface area (Å²) in [5.41, 5.74) is 0.348. The van der Waals surface area contributed by atoms with E-state index in [0.29, 0.717) is 23.3 Å². The van der Waals surface area contributed by atoms with Gasteiger partial charge in [0.2, 0.25) is 5.91 Å². The molecule has 0 radical (unpaired) electrons. The summed E-state index contributed by atoms with van der Waals surface area (Å²) < 4.78 is 19.3. The second-order valence-corrected chi connectivity index (χ2v) is 6.55. The van der Waals surface area contributed by atoms with Gasteiger partial charge in [0, 0.05) is 12.7 Å². The highest BCUT2D eigenvalue weighted by molar-refractivity contribution is 6.30. The van der Waals surface area contributed by atoms with Gasteiger partial charge in [0.25, 0.3) is 0 Å². The largest absolute Gasteiger partial charge is 0.382 e. The van der Waals surface area contributed by atoms with E-state index in [-0.39, 0.29) is 23.6 Å². The van der Waals surface area contributed by atoms with E-state index < -0.39 is 11.9 Å². The third kappa shape index (κ3) is 2.73. The summed E-state index contributed by atoms with van der Waals surface area (Å²) >= 11 is 5.83. The Kier molecular flexibility index (Phi) is 4.39. The van der Waals surface area contributed by atoms with Gasteiger partial charge in [0.05, 0.1) is 23.7 Å². The van der Waals surface area contributed by atoms with E-state index >= 15 is 0 Å². The van der Waals surface area contributed by atoms with E-state index in [2.05, 4.69) is 17.6 Å². The van der Waals surface area contributed by atoms with Crippen LogP contribution >= 0.6 is 11.6 Å². The second kappa shape index (κ2) is 6.14. The first kappa shape index (κ1) is 15.7. The first-order valence-electron chi connectivity index (χ1n) is 7.51. The number of hydrogen-bond donors (Lipinski definition) is 2. The van der Waals surface area contributed by atoms with Crippen LogP contribution in [0.5, 0.6) is 0 Å². The Balaban J connectivity index is 1.74. The molecule has 2 aliphatic rings. The first-order chi connectivity index (χ1) is 10.5. The number of amides is 1. The molecule has 0 spiro atoms. The van der Waals surface area contributed by atoms with Crippen LogP contribution in [-0.2, 0) is 9.53 Å². The van der Waals surface area contributed by atoms with E-state index in [1.807, 2.05) is 0 Å². The number of benzene rings is 1. The smallest absolute Gasteiger partial charge is 0.238 e. The van der Waals surface area contributed by atoms with Crippen molar-refractivity contribution in [3.63, 3.8) is 0 Å². The van der Waals surface area contributed by atoms with E-state index in [1.54, 1.807) is 12.1 Å². The summed E-state index contributed by atoms with van der Waals surface area (Å²) in [5, 5.41) is 6.18. The molecule has 1 aliphatic carbocycles. The highest BCUT2D eigenvalue weighted by Gasteiger charge is 2.57. The van der Waals surface area contributed by atoms with Crippen LogP contribution in [0.15, 0.2) is 18.2 Å². The lowest BCUT2D eigenvalue weighted by atomic mass is 10.1. The molecule has 1 saturated heterocycles. The third-order valence-electron chi connectivity index (χ3n) is 4.88. The summed E-state index contributed by atoms with van der Waals surface area (Å²) in [6.07, 6.45) is 0. The van der Waals surface area contributed by atoms with Crippen LogP contribution in [0.1, 0.15) is 18.5 Å². The number of nitrogens with one attached hydrogen (secondary N) is 2. The van der Waals surface area contributed by atoms with Gasteiger partial charge in [0.15, 0.2) is 0 Å². The summed E-state index contributed by atoms with van der Waals surface area (Å²) in [4.78, 5) is 12.5. The van der Waals surface area contributed by atoms with Crippen LogP contribution in [0.25, 0.3) is 0 Å². The number of halogens is 2. The minimum Gasteiger partial charge on any atom is -0.382 e. The van der Waals surface area contributed by atoms with E-state index in [4.69, 9.17) is 16.3 Å². The number of piperidine rings is 1. The number of fused-ring (bicyclic) bond motifs is 1. The van der Waals surface area contributed by atoms with Crippen molar-refractivity contribution in [3.8, 4) is 0 Å². The molecule has 2 N–H and O–H groups in total.